The van der Waals surface area contributed by atoms with Gasteiger partial charge in [0.2, 0.25) is 0 Å². The smallest absolute Gasteiger partial charge is 0.383 e. The molecule has 90 valence electrons. The van der Waals surface area contributed by atoms with E-state index in [1.165, 1.54) is 12.1 Å². The van der Waals surface area contributed by atoms with E-state index in [-0.39, 0.29) is 5.56 Å². The van der Waals surface area contributed by atoms with E-state index in [2.05, 4.69) is 4.74 Å². The summed E-state index contributed by atoms with van der Waals surface area (Å²) in [6, 6.07) is 5.86. The maximum atomic E-state index is 11.4. The Morgan fingerprint density at radius 1 is 1.35 bits per heavy atom. The van der Waals surface area contributed by atoms with Gasteiger partial charge in [-0.1, -0.05) is 18.2 Å². The molecule has 0 fully saturated rings. The Bertz CT molecular complexity index is 416. The molecule has 0 heterocycles. The van der Waals surface area contributed by atoms with E-state index in [9.17, 15) is 19.7 Å². The second-order valence-electron chi connectivity index (χ2n) is 3.10. The first-order chi connectivity index (χ1) is 8.02. The molecular weight excluding hydrogens is 230 g/mol. The SMILES string of the molecule is O=C(OCC(C(=O)O)[N+](=O)[O-])c1ccccc1. The molecule has 0 radical (unpaired) electrons. The van der Waals surface area contributed by atoms with Crippen molar-refractivity contribution in [3.8, 4) is 0 Å². The number of ether oxygens (including phenoxy) is 1. The van der Waals surface area contributed by atoms with Crippen LogP contribution < -0.4 is 0 Å². The van der Waals surface area contributed by atoms with Crippen molar-refractivity contribution in [2.75, 3.05) is 6.61 Å². The second kappa shape index (κ2) is 5.59. The average Bonchev–Trinajstić information content (AvgIpc) is 2.29. The monoisotopic (exact) mass is 239 g/mol. The van der Waals surface area contributed by atoms with Crippen molar-refractivity contribution in [1.29, 1.82) is 0 Å². The van der Waals surface area contributed by atoms with Crippen LogP contribution in [0, 0.1) is 10.1 Å². The van der Waals surface area contributed by atoms with Gasteiger partial charge in [-0.05, 0) is 12.1 Å². The molecule has 0 bridgehead atoms. The van der Waals surface area contributed by atoms with E-state index >= 15 is 0 Å². The van der Waals surface area contributed by atoms with Crippen LogP contribution in [0.1, 0.15) is 10.4 Å². The summed E-state index contributed by atoms with van der Waals surface area (Å²) < 4.78 is 4.55. The van der Waals surface area contributed by atoms with Crippen LogP contribution in [0.25, 0.3) is 0 Å². The molecule has 1 atom stereocenters. The van der Waals surface area contributed by atoms with Crippen LogP contribution >= 0.6 is 0 Å². The summed E-state index contributed by atoms with van der Waals surface area (Å²) in [6.45, 7) is -0.796. The molecule has 1 unspecified atom stereocenters. The van der Waals surface area contributed by atoms with Crippen LogP contribution in [0.5, 0.6) is 0 Å². The number of esters is 1. The van der Waals surface area contributed by atoms with Crippen LogP contribution in [-0.4, -0.2) is 34.6 Å². The summed E-state index contributed by atoms with van der Waals surface area (Å²) in [7, 11) is 0. The number of carbonyl (C=O) groups excluding carboxylic acids is 1. The predicted octanol–water partition coefficient (Wildman–Crippen LogP) is 0.573. The highest BCUT2D eigenvalue weighted by Crippen LogP contribution is 2.02. The summed E-state index contributed by atoms with van der Waals surface area (Å²) in [5.74, 6) is -2.44. The van der Waals surface area contributed by atoms with Gasteiger partial charge >= 0.3 is 18.0 Å². The molecule has 1 N–H and O–H groups in total. The Morgan fingerprint density at radius 2 is 1.94 bits per heavy atom. The van der Waals surface area contributed by atoms with Crippen molar-refractivity contribution < 1.29 is 24.4 Å². The van der Waals surface area contributed by atoms with E-state index in [1.807, 2.05) is 0 Å². The van der Waals surface area contributed by atoms with Gasteiger partial charge in [-0.3, -0.25) is 10.1 Å². The summed E-state index contributed by atoms with van der Waals surface area (Å²) in [4.78, 5) is 31.1. The second-order valence-corrected chi connectivity index (χ2v) is 3.10. The van der Waals surface area contributed by atoms with Crippen molar-refractivity contribution in [3.63, 3.8) is 0 Å². The molecular formula is C10H9NO6. The lowest BCUT2D eigenvalue weighted by Gasteiger charge is -2.06. The van der Waals surface area contributed by atoms with Crippen LogP contribution in [0.15, 0.2) is 30.3 Å². The van der Waals surface area contributed by atoms with Gasteiger partial charge in [0.25, 0.3) is 0 Å². The molecule has 0 saturated carbocycles. The van der Waals surface area contributed by atoms with E-state index in [0.717, 1.165) is 0 Å². The van der Waals surface area contributed by atoms with Crippen LogP contribution in [-0.2, 0) is 9.53 Å². The number of aliphatic carboxylic acids is 1. The van der Waals surface area contributed by atoms with Gasteiger partial charge in [0, 0.05) is 4.92 Å². The Morgan fingerprint density at radius 3 is 2.41 bits per heavy atom. The van der Waals surface area contributed by atoms with Gasteiger partial charge < -0.3 is 9.84 Å². The van der Waals surface area contributed by atoms with Crippen molar-refractivity contribution in [2.24, 2.45) is 0 Å². The number of carboxylic acids is 1. The third kappa shape index (κ3) is 3.56. The number of hydrogen-bond donors (Lipinski definition) is 1. The minimum absolute atomic E-state index is 0.208. The van der Waals surface area contributed by atoms with Crippen LogP contribution in [0.2, 0.25) is 0 Å². The lowest BCUT2D eigenvalue weighted by Crippen LogP contribution is -2.34. The quantitative estimate of drug-likeness (QED) is 0.457. The van der Waals surface area contributed by atoms with Gasteiger partial charge in [-0.25, -0.2) is 9.59 Å². The maximum absolute atomic E-state index is 11.4. The molecule has 0 aliphatic heterocycles. The van der Waals surface area contributed by atoms with Gasteiger partial charge in [-0.15, -0.1) is 0 Å². The summed E-state index contributed by atoms with van der Waals surface area (Å²) in [6.07, 6.45) is 0. The van der Waals surface area contributed by atoms with Crippen molar-refractivity contribution in [3.05, 3.63) is 46.0 Å². The Kier molecular flexibility index (Phi) is 4.15. The average molecular weight is 239 g/mol. The third-order valence-corrected chi connectivity index (χ3v) is 1.92. The highest BCUT2D eigenvalue weighted by molar-refractivity contribution is 5.89. The molecule has 0 aliphatic carbocycles. The number of rotatable bonds is 5. The first kappa shape index (κ1) is 12.6. The van der Waals surface area contributed by atoms with Gasteiger partial charge in [0.05, 0.1) is 5.56 Å². The zero-order valence-electron chi connectivity index (χ0n) is 8.61. The predicted molar refractivity (Wildman–Crippen MR) is 55.1 cm³/mol. The van der Waals surface area contributed by atoms with Gasteiger partial charge in [-0.2, -0.15) is 0 Å². The minimum atomic E-state index is -1.94. The minimum Gasteiger partial charge on any atom is -0.476 e. The number of nitro groups is 1. The molecule has 17 heavy (non-hydrogen) atoms. The molecule has 7 nitrogen and oxygen atoms in total. The number of benzene rings is 1. The van der Waals surface area contributed by atoms with Crippen molar-refractivity contribution in [2.45, 2.75) is 6.04 Å². The fourth-order valence-electron chi connectivity index (χ4n) is 1.03. The molecule has 0 saturated heterocycles. The summed E-state index contributed by atoms with van der Waals surface area (Å²) in [5, 5.41) is 18.8. The molecule has 0 spiro atoms. The third-order valence-electron chi connectivity index (χ3n) is 1.92. The van der Waals surface area contributed by atoms with Crippen LogP contribution in [0.3, 0.4) is 0 Å². The fourth-order valence-corrected chi connectivity index (χ4v) is 1.03. The summed E-state index contributed by atoms with van der Waals surface area (Å²) >= 11 is 0. The largest absolute Gasteiger partial charge is 0.476 e. The topological polar surface area (TPSA) is 107 Å². The Hall–Kier alpha value is -2.44. The Balaban J connectivity index is 2.59. The van der Waals surface area contributed by atoms with Gasteiger partial charge in [0.15, 0.2) is 6.61 Å². The number of hydrogen-bond acceptors (Lipinski definition) is 5. The maximum Gasteiger partial charge on any atom is 0.383 e. The first-order valence-electron chi connectivity index (χ1n) is 4.61. The molecule has 0 aliphatic rings. The van der Waals surface area contributed by atoms with Crippen molar-refractivity contribution in [1.82, 2.24) is 0 Å². The first-order valence-corrected chi connectivity index (χ1v) is 4.61. The molecule has 7 heteroatoms. The molecule has 0 amide bonds. The normalized spacial score (nSPS) is 11.5. The standard InChI is InChI=1S/C10H9NO6/c12-9(13)8(11(15)16)6-17-10(14)7-4-2-1-3-5-7/h1-5,8H,6H2,(H,12,13). The number of nitrogens with zero attached hydrogens (tertiary/aromatic N) is 1. The van der Waals surface area contributed by atoms with E-state index in [1.54, 1.807) is 18.2 Å². The highest BCUT2D eigenvalue weighted by atomic mass is 16.6. The zero-order valence-corrected chi connectivity index (χ0v) is 8.61. The molecule has 1 aromatic rings. The van der Waals surface area contributed by atoms with Crippen molar-refractivity contribution >= 4 is 11.9 Å². The lowest BCUT2D eigenvalue weighted by molar-refractivity contribution is -0.512. The fraction of sp³-hybridized carbons (Fsp3) is 0.200. The van der Waals surface area contributed by atoms with Gasteiger partial charge in [0.1, 0.15) is 0 Å². The highest BCUT2D eigenvalue weighted by Gasteiger charge is 2.31. The zero-order chi connectivity index (χ0) is 12.8. The van der Waals surface area contributed by atoms with E-state index in [4.69, 9.17) is 5.11 Å². The lowest BCUT2D eigenvalue weighted by atomic mass is 10.2. The van der Waals surface area contributed by atoms with Crippen LogP contribution in [0.4, 0.5) is 0 Å². The Labute approximate surface area is 95.8 Å². The number of carboxylic acid groups (broad SMARTS) is 1. The molecule has 1 aromatic carbocycles. The summed E-state index contributed by atoms with van der Waals surface area (Å²) in [5.41, 5.74) is 0.208. The molecule has 1 rings (SSSR count). The van der Waals surface area contributed by atoms with E-state index < -0.39 is 29.5 Å². The van der Waals surface area contributed by atoms with E-state index in [0.29, 0.717) is 0 Å². The number of carbonyl (C=O) groups is 2. The molecule has 0 aromatic heterocycles.